The van der Waals surface area contributed by atoms with Crippen LogP contribution in [0.3, 0.4) is 0 Å². The van der Waals surface area contributed by atoms with E-state index in [0.29, 0.717) is 11.3 Å². The van der Waals surface area contributed by atoms with Gasteiger partial charge in [0.25, 0.3) is 10.0 Å². The van der Waals surface area contributed by atoms with E-state index in [1.54, 1.807) is 0 Å². The van der Waals surface area contributed by atoms with Gasteiger partial charge in [0, 0.05) is 23.9 Å². The van der Waals surface area contributed by atoms with Crippen molar-refractivity contribution >= 4 is 19.4 Å². The number of hydrogen-bond acceptors (Lipinski definition) is 6. The Morgan fingerprint density at radius 1 is 1.25 bits per heavy atom. The predicted octanol–water partition coefficient (Wildman–Crippen LogP) is 2.62. The van der Waals surface area contributed by atoms with Gasteiger partial charge in [-0.2, -0.15) is 22.4 Å². The van der Waals surface area contributed by atoms with Crippen LogP contribution >= 0.6 is 9.39 Å². The van der Waals surface area contributed by atoms with Gasteiger partial charge in [-0.05, 0) is 24.3 Å². The molecule has 1 N–H and O–H groups in total. The molecular weight excluding hydrogens is 478 g/mol. The summed E-state index contributed by atoms with van der Waals surface area (Å²) in [4.78, 5) is 1.37. The van der Waals surface area contributed by atoms with Crippen LogP contribution in [0, 0.1) is 11.6 Å². The molecule has 0 radical (unpaired) electrons. The topological polar surface area (TPSA) is 76.5 Å². The Labute approximate surface area is 182 Å². The second-order valence-corrected chi connectivity index (χ2v) is 9.69. The maximum absolute atomic E-state index is 14.3. The average molecular weight is 496 g/mol. The summed E-state index contributed by atoms with van der Waals surface area (Å²) < 4.78 is 99.2. The van der Waals surface area contributed by atoms with Gasteiger partial charge < -0.3 is 9.64 Å². The normalized spacial score (nSPS) is 23.9. The van der Waals surface area contributed by atoms with E-state index in [1.165, 1.54) is 17.2 Å². The van der Waals surface area contributed by atoms with E-state index in [4.69, 9.17) is 4.74 Å². The van der Waals surface area contributed by atoms with Gasteiger partial charge in [0.1, 0.15) is 17.7 Å². The van der Waals surface area contributed by atoms with Gasteiger partial charge in [-0.15, -0.1) is 0 Å². The van der Waals surface area contributed by atoms with Crippen molar-refractivity contribution in [1.82, 2.24) is 19.2 Å². The summed E-state index contributed by atoms with van der Waals surface area (Å²) in [6.45, 7) is -0.0859. The molecule has 0 saturated carbocycles. The molecule has 0 amide bonds. The van der Waals surface area contributed by atoms with Crippen LogP contribution in [0.5, 0.6) is 0 Å². The van der Waals surface area contributed by atoms with E-state index < -0.39 is 46.1 Å². The molecule has 1 aromatic carbocycles. The van der Waals surface area contributed by atoms with Crippen molar-refractivity contribution in [2.75, 3.05) is 6.26 Å². The summed E-state index contributed by atoms with van der Waals surface area (Å²) >= 11 is 0. The molecule has 0 spiro atoms. The quantitative estimate of drug-likeness (QED) is 0.518. The third kappa shape index (κ3) is 4.26. The summed E-state index contributed by atoms with van der Waals surface area (Å²) in [5, 5.41) is 6.65. The van der Waals surface area contributed by atoms with Gasteiger partial charge in [-0.3, -0.25) is 5.09 Å². The minimum Gasteiger partial charge on any atom is -0.362 e. The zero-order chi connectivity index (χ0) is 23.4. The molecule has 2 aliphatic heterocycles. The third-order valence-corrected chi connectivity index (χ3v) is 6.50. The number of hydrogen-bond donors (Lipinski definition) is 1. The number of nitrogens with zero attached hydrogens (tertiary/aromatic N) is 3. The largest absolute Gasteiger partial charge is 0.420 e. The minimum absolute atomic E-state index is 0.0187. The molecule has 4 rings (SSSR count). The molecule has 32 heavy (non-hydrogen) atoms. The number of aromatic nitrogens is 2. The second-order valence-electron chi connectivity index (χ2n) is 7.52. The monoisotopic (exact) mass is 496 g/mol. The molecule has 7 nitrogen and oxygen atoms in total. The van der Waals surface area contributed by atoms with E-state index in [-0.39, 0.29) is 24.4 Å². The summed E-state index contributed by atoms with van der Waals surface area (Å²) in [5.74, 6) is -1.70. The zero-order valence-electron chi connectivity index (χ0n) is 16.5. The highest BCUT2D eigenvalue weighted by molar-refractivity contribution is 7.89. The molecule has 1 aromatic heterocycles. The number of halogens is 5. The van der Waals surface area contributed by atoms with Crippen molar-refractivity contribution in [1.29, 1.82) is 0 Å². The first-order chi connectivity index (χ1) is 14.9. The maximum atomic E-state index is 14.3. The molecule has 174 valence electrons. The highest BCUT2D eigenvalue weighted by Crippen LogP contribution is 2.42. The van der Waals surface area contributed by atoms with Gasteiger partial charge in [-0.1, -0.05) is 9.39 Å². The molecule has 2 aromatic rings. The smallest absolute Gasteiger partial charge is 0.362 e. The third-order valence-electron chi connectivity index (χ3n) is 5.25. The average Bonchev–Trinajstić information content (AvgIpc) is 3.27. The molecule has 3 heterocycles. The Balaban J connectivity index is 1.70. The number of fused-ring (bicyclic) bond motifs is 1. The first-order valence-corrected chi connectivity index (χ1v) is 11.7. The van der Waals surface area contributed by atoms with Crippen LogP contribution in [0.1, 0.15) is 22.9 Å². The molecule has 14 heteroatoms. The van der Waals surface area contributed by atoms with E-state index >= 15 is 0 Å². The van der Waals surface area contributed by atoms with Gasteiger partial charge >= 0.3 is 6.18 Å². The predicted molar refractivity (Wildman–Crippen MR) is 106 cm³/mol. The molecule has 0 saturated heterocycles. The van der Waals surface area contributed by atoms with E-state index in [0.717, 1.165) is 28.5 Å². The molecular formula is C18H18F5N4O3PS. The van der Waals surface area contributed by atoms with Crippen molar-refractivity contribution in [2.24, 2.45) is 0 Å². The van der Waals surface area contributed by atoms with Gasteiger partial charge in [0.15, 0.2) is 6.10 Å². The number of ether oxygens (including phenoxy) is 1. The molecule has 2 aliphatic rings. The lowest BCUT2D eigenvalue weighted by Gasteiger charge is -2.40. The Morgan fingerprint density at radius 3 is 2.56 bits per heavy atom. The molecule has 1 unspecified atom stereocenters. The van der Waals surface area contributed by atoms with Crippen LogP contribution in [0.2, 0.25) is 0 Å². The molecule has 0 fully saturated rings. The van der Waals surface area contributed by atoms with Crippen molar-refractivity contribution < 1.29 is 35.1 Å². The van der Waals surface area contributed by atoms with E-state index in [9.17, 15) is 30.4 Å². The fourth-order valence-corrected chi connectivity index (χ4v) is 4.63. The van der Waals surface area contributed by atoms with Crippen LogP contribution in [0.4, 0.5) is 22.0 Å². The SMILES string of the molecule is CS(=O)(=O)n1cc2c(n1)CN(C1=C[C@H](NP)[C@@H](c3cc(F)ccc3F)O[C@H]1C(F)(F)F)C2. The van der Waals surface area contributed by atoms with E-state index in [2.05, 4.69) is 19.6 Å². The lowest BCUT2D eigenvalue weighted by molar-refractivity contribution is -0.232. The van der Waals surface area contributed by atoms with Crippen molar-refractivity contribution in [3.05, 3.63) is 64.6 Å². The Morgan fingerprint density at radius 2 is 1.97 bits per heavy atom. The van der Waals surface area contributed by atoms with Gasteiger partial charge in [0.2, 0.25) is 0 Å². The molecule has 0 aliphatic carbocycles. The lowest BCUT2D eigenvalue weighted by Crippen LogP contribution is -2.47. The van der Waals surface area contributed by atoms with Gasteiger partial charge in [0.05, 0.1) is 30.2 Å². The number of rotatable bonds is 4. The van der Waals surface area contributed by atoms with Crippen LogP contribution in [-0.2, 0) is 27.8 Å². The maximum Gasteiger partial charge on any atom is 0.420 e. The standard InChI is InChI=1S/C18H18F5N4O3PS/c1-32(28,29)27-7-9-6-26(8-14(9)24-27)15-5-13(25-31)16(30-17(15)18(21,22)23)11-4-10(19)2-3-12(11)20/h2-5,7,13,16-17,25H,6,8,31H2,1H3/t13-,16+,17+/m0/s1. The summed E-state index contributed by atoms with van der Waals surface area (Å²) in [7, 11) is -1.49. The van der Waals surface area contributed by atoms with E-state index in [1.807, 2.05) is 0 Å². The highest BCUT2D eigenvalue weighted by Gasteiger charge is 2.51. The molecule has 0 bridgehead atoms. The number of benzene rings is 1. The lowest BCUT2D eigenvalue weighted by atomic mass is 9.96. The van der Waals surface area contributed by atoms with Crippen molar-refractivity contribution in [3.8, 4) is 0 Å². The fourth-order valence-electron chi connectivity index (χ4n) is 3.79. The summed E-state index contributed by atoms with van der Waals surface area (Å²) in [6, 6.07) is 1.58. The van der Waals surface area contributed by atoms with Crippen molar-refractivity contribution in [3.63, 3.8) is 0 Å². The Kier molecular flexibility index (Phi) is 5.81. The zero-order valence-corrected chi connectivity index (χ0v) is 18.4. The number of alkyl halides is 3. The van der Waals surface area contributed by atoms with Crippen LogP contribution in [-0.4, -0.2) is 47.1 Å². The summed E-state index contributed by atoms with van der Waals surface area (Å²) in [5.41, 5.74) is 0.218. The van der Waals surface area contributed by atoms with Gasteiger partial charge in [-0.25, -0.2) is 17.2 Å². The number of nitrogens with one attached hydrogen (secondary N) is 1. The van der Waals surface area contributed by atoms with Crippen LogP contribution in [0.25, 0.3) is 0 Å². The Bertz CT molecular complexity index is 1160. The van der Waals surface area contributed by atoms with Crippen LogP contribution < -0.4 is 5.09 Å². The fraction of sp³-hybridized carbons (Fsp3) is 0.389. The van der Waals surface area contributed by atoms with Crippen molar-refractivity contribution in [2.45, 2.75) is 37.5 Å². The first kappa shape index (κ1) is 23.1. The second kappa shape index (κ2) is 8.05. The minimum atomic E-state index is -4.84. The van der Waals surface area contributed by atoms with Crippen LogP contribution in [0.15, 0.2) is 36.2 Å². The highest BCUT2D eigenvalue weighted by atomic mass is 32.2. The Hall–Kier alpha value is -2.08. The summed E-state index contributed by atoms with van der Waals surface area (Å²) in [6.07, 6.45) is -5.21. The first-order valence-electron chi connectivity index (χ1n) is 9.26. The molecule has 4 atom stereocenters.